The average Bonchev–Trinajstić information content (AvgIpc) is 2.49. The smallest absolute Gasteiger partial charge is 0.0722 e. The third kappa shape index (κ3) is 1.98. The minimum atomic E-state index is 0.605. The fraction of sp³-hybridized carbons (Fsp3) is 0.438. The highest BCUT2D eigenvalue weighted by Crippen LogP contribution is 2.31. The molecule has 3 heteroatoms. The fourth-order valence-corrected chi connectivity index (χ4v) is 3.56. The van der Waals surface area contributed by atoms with Crippen molar-refractivity contribution in [1.82, 2.24) is 9.88 Å². The lowest BCUT2D eigenvalue weighted by atomic mass is 9.84. The molecule has 1 unspecified atom stereocenters. The van der Waals surface area contributed by atoms with Gasteiger partial charge in [-0.15, -0.1) is 0 Å². The Bertz CT molecular complexity index is 582. The zero-order chi connectivity index (χ0) is 12.7. The van der Waals surface area contributed by atoms with E-state index in [2.05, 4.69) is 39.5 Å². The van der Waals surface area contributed by atoms with E-state index in [0.717, 1.165) is 11.4 Å². The summed E-state index contributed by atoms with van der Waals surface area (Å²) < 4.78 is 0. The summed E-state index contributed by atoms with van der Waals surface area (Å²) in [5.74, 6) is 0.844. The Hall–Kier alpha value is -1.61. The third-order valence-corrected chi connectivity index (χ3v) is 4.64. The second-order valence-corrected chi connectivity index (χ2v) is 5.76. The molecule has 0 amide bonds. The number of nitrogens with zero attached hydrogens (tertiary/aromatic N) is 2. The first kappa shape index (κ1) is 11.2. The van der Waals surface area contributed by atoms with Crippen LogP contribution in [-0.2, 0) is 0 Å². The largest absolute Gasteiger partial charge is 0.380 e. The molecule has 0 spiro atoms. The second-order valence-electron chi connectivity index (χ2n) is 5.76. The van der Waals surface area contributed by atoms with Crippen LogP contribution in [0.3, 0.4) is 0 Å². The Morgan fingerprint density at radius 3 is 2.79 bits per heavy atom. The Labute approximate surface area is 113 Å². The number of rotatable bonds is 2. The highest BCUT2D eigenvalue weighted by molar-refractivity contribution is 5.91. The topological polar surface area (TPSA) is 28.2 Å². The Morgan fingerprint density at radius 2 is 2.00 bits per heavy atom. The molecule has 19 heavy (non-hydrogen) atoms. The number of benzene rings is 1. The maximum absolute atomic E-state index is 4.43. The minimum Gasteiger partial charge on any atom is -0.380 e. The van der Waals surface area contributed by atoms with Crippen molar-refractivity contribution in [3.8, 4) is 0 Å². The summed E-state index contributed by atoms with van der Waals surface area (Å²) in [5, 5.41) is 5.01. The standard InChI is InChI=1S/C16H19N3/c1-4-14-13(3-2-8-17-14)15(5-1)18-16-11-19-9-6-12(16)7-10-19/h1-5,8,12,16,18H,6-7,9-11H2. The van der Waals surface area contributed by atoms with Gasteiger partial charge in [0.15, 0.2) is 0 Å². The summed E-state index contributed by atoms with van der Waals surface area (Å²) in [6, 6.07) is 11.1. The lowest BCUT2D eigenvalue weighted by Gasteiger charge is -2.45. The molecule has 5 rings (SSSR count). The molecule has 4 heterocycles. The zero-order valence-corrected chi connectivity index (χ0v) is 11.0. The number of pyridine rings is 1. The molecule has 3 aliphatic rings. The van der Waals surface area contributed by atoms with Gasteiger partial charge < -0.3 is 10.2 Å². The second kappa shape index (κ2) is 4.49. The molecule has 1 atom stereocenters. The van der Waals surface area contributed by atoms with E-state index in [0.29, 0.717) is 6.04 Å². The van der Waals surface area contributed by atoms with Gasteiger partial charge in [0, 0.05) is 29.9 Å². The molecule has 0 saturated carbocycles. The van der Waals surface area contributed by atoms with Crippen LogP contribution in [-0.4, -0.2) is 35.6 Å². The average molecular weight is 253 g/mol. The van der Waals surface area contributed by atoms with E-state index >= 15 is 0 Å². The zero-order valence-electron chi connectivity index (χ0n) is 11.0. The fourth-order valence-electron chi connectivity index (χ4n) is 3.56. The van der Waals surface area contributed by atoms with Gasteiger partial charge >= 0.3 is 0 Å². The summed E-state index contributed by atoms with van der Waals surface area (Å²) >= 11 is 0. The number of hydrogen-bond acceptors (Lipinski definition) is 3. The van der Waals surface area contributed by atoms with Gasteiger partial charge in [0.05, 0.1) is 5.52 Å². The highest BCUT2D eigenvalue weighted by Gasteiger charge is 2.34. The molecule has 3 aliphatic heterocycles. The van der Waals surface area contributed by atoms with E-state index in [1.165, 1.54) is 43.5 Å². The van der Waals surface area contributed by atoms with E-state index in [1.807, 2.05) is 12.3 Å². The van der Waals surface area contributed by atoms with Crippen molar-refractivity contribution in [2.24, 2.45) is 5.92 Å². The van der Waals surface area contributed by atoms with Crippen LogP contribution >= 0.6 is 0 Å². The van der Waals surface area contributed by atoms with Crippen LogP contribution < -0.4 is 5.32 Å². The molecule has 98 valence electrons. The van der Waals surface area contributed by atoms with Crippen molar-refractivity contribution in [2.75, 3.05) is 25.0 Å². The van der Waals surface area contributed by atoms with Crippen LogP contribution in [0.2, 0.25) is 0 Å². The number of piperidine rings is 3. The lowest BCUT2D eigenvalue weighted by Crippen LogP contribution is -2.53. The molecular formula is C16H19N3. The third-order valence-electron chi connectivity index (χ3n) is 4.64. The van der Waals surface area contributed by atoms with Crippen molar-refractivity contribution in [1.29, 1.82) is 0 Å². The van der Waals surface area contributed by atoms with Crippen LogP contribution in [0, 0.1) is 5.92 Å². The Kier molecular flexibility index (Phi) is 2.66. The van der Waals surface area contributed by atoms with Gasteiger partial charge in [-0.25, -0.2) is 0 Å². The maximum Gasteiger partial charge on any atom is 0.0722 e. The number of hydrogen-bond donors (Lipinski definition) is 1. The van der Waals surface area contributed by atoms with Crippen LogP contribution in [0.5, 0.6) is 0 Å². The van der Waals surface area contributed by atoms with Crippen LogP contribution in [0.15, 0.2) is 36.5 Å². The SMILES string of the molecule is c1cc(NC2CN3CCC2CC3)c2cccnc2c1. The van der Waals surface area contributed by atoms with Gasteiger partial charge in [-0.05, 0) is 56.1 Å². The molecule has 3 nitrogen and oxygen atoms in total. The van der Waals surface area contributed by atoms with Gasteiger partial charge in [0.1, 0.15) is 0 Å². The van der Waals surface area contributed by atoms with Gasteiger partial charge in [-0.1, -0.05) is 6.07 Å². The molecule has 3 saturated heterocycles. The van der Waals surface area contributed by atoms with Crippen molar-refractivity contribution in [3.05, 3.63) is 36.5 Å². The molecule has 0 radical (unpaired) electrons. The normalized spacial score (nSPS) is 29.6. The maximum atomic E-state index is 4.43. The highest BCUT2D eigenvalue weighted by atomic mass is 15.2. The first-order valence-electron chi connectivity index (χ1n) is 7.23. The van der Waals surface area contributed by atoms with Crippen LogP contribution in [0.1, 0.15) is 12.8 Å². The first-order valence-corrected chi connectivity index (χ1v) is 7.23. The molecule has 1 N–H and O–H groups in total. The van der Waals surface area contributed by atoms with Crippen molar-refractivity contribution in [2.45, 2.75) is 18.9 Å². The van der Waals surface area contributed by atoms with Gasteiger partial charge in [-0.2, -0.15) is 0 Å². The number of fused-ring (bicyclic) bond motifs is 4. The molecule has 2 bridgehead atoms. The molecular weight excluding hydrogens is 234 g/mol. The molecule has 0 aliphatic carbocycles. The summed E-state index contributed by atoms with van der Waals surface area (Å²) in [5.41, 5.74) is 2.32. The summed E-state index contributed by atoms with van der Waals surface area (Å²) in [4.78, 5) is 7.02. The monoisotopic (exact) mass is 253 g/mol. The van der Waals surface area contributed by atoms with Gasteiger partial charge in [0.2, 0.25) is 0 Å². The first-order chi connectivity index (χ1) is 9.40. The Balaban J connectivity index is 1.65. The van der Waals surface area contributed by atoms with E-state index in [1.54, 1.807) is 0 Å². The van der Waals surface area contributed by atoms with E-state index in [9.17, 15) is 0 Å². The van der Waals surface area contributed by atoms with Crippen molar-refractivity contribution >= 4 is 16.6 Å². The van der Waals surface area contributed by atoms with Gasteiger partial charge in [0.25, 0.3) is 0 Å². The van der Waals surface area contributed by atoms with Gasteiger partial charge in [-0.3, -0.25) is 4.98 Å². The molecule has 1 aromatic carbocycles. The number of aromatic nitrogens is 1. The van der Waals surface area contributed by atoms with E-state index < -0.39 is 0 Å². The van der Waals surface area contributed by atoms with Crippen molar-refractivity contribution < 1.29 is 0 Å². The lowest BCUT2D eigenvalue weighted by molar-refractivity contribution is 0.0976. The van der Waals surface area contributed by atoms with E-state index in [-0.39, 0.29) is 0 Å². The quantitative estimate of drug-likeness (QED) is 0.892. The summed E-state index contributed by atoms with van der Waals surface area (Å²) in [6.45, 7) is 3.78. The van der Waals surface area contributed by atoms with E-state index in [4.69, 9.17) is 0 Å². The Morgan fingerprint density at radius 1 is 1.11 bits per heavy atom. The summed E-state index contributed by atoms with van der Waals surface area (Å²) in [7, 11) is 0. The predicted molar refractivity (Wildman–Crippen MR) is 78.3 cm³/mol. The molecule has 2 aromatic rings. The van der Waals surface area contributed by atoms with Crippen molar-refractivity contribution in [3.63, 3.8) is 0 Å². The summed E-state index contributed by atoms with van der Waals surface area (Å²) in [6.07, 6.45) is 4.56. The number of anilines is 1. The molecule has 3 fully saturated rings. The molecule has 1 aromatic heterocycles. The van der Waals surface area contributed by atoms with Crippen LogP contribution in [0.25, 0.3) is 10.9 Å². The predicted octanol–water partition coefficient (Wildman–Crippen LogP) is 2.74. The minimum absolute atomic E-state index is 0.605. The van der Waals surface area contributed by atoms with Crippen LogP contribution in [0.4, 0.5) is 5.69 Å². The number of nitrogens with one attached hydrogen (secondary N) is 1.